The van der Waals surface area contributed by atoms with Gasteiger partial charge in [0.1, 0.15) is 4.99 Å². The van der Waals surface area contributed by atoms with Gasteiger partial charge in [0.25, 0.3) is 0 Å². The molecule has 0 amide bonds. The highest BCUT2D eigenvalue weighted by Crippen LogP contribution is 2.37. The number of rotatable bonds is 1. The molecule has 0 aromatic heterocycles. The van der Waals surface area contributed by atoms with Crippen LogP contribution >= 0.6 is 21.0 Å². The number of hydrogen-bond donors (Lipinski definition) is 1. The van der Waals surface area contributed by atoms with E-state index < -0.39 is 0 Å². The van der Waals surface area contributed by atoms with Crippen molar-refractivity contribution in [2.75, 3.05) is 13.1 Å². The second kappa shape index (κ2) is 3.21. The maximum absolute atomic E-state index is 3.49. The quantitative estimate of drug-likeness (QED) is 0.652. The lowest BCUT2D eigenvalue weighted by Crippen LogP contribution is -2.49. The number of likely N-dealkylation sites (tertiary alicyclic amines) is 1. The van der Waals surface area contributed by atoms with E-state index in [1.807, 2.05) is 11.8 Å². The van der Waals surface area contributed by atoms with Crippen molar-refractivity contribution in [3.63, 3.8) is 0 Å². The van der Waals surface area contributed by atoms with Crippen LogP contribution in [0.4, 0.5) is 0 Å². The van der Waals surface area contributed by atoms with Crippen LogP contribution in [0, 0.1) is 0 Å². The third-order valence-corrected chi connectivity index (χ3v) is 4.24. The zero-order chi connectivity index (χ0) is 8.60. The summed E-state index contributed by atoms with van der Waals surface area (Å²) in [6, 6.07) is 0. The summed E-state index contributed by atoms with van der Waals surface area (Å²) < 4.78 is 0. The maximum atomic E-state index is 3.49. The lowest BCUT2D eigenvalue weighted by Gasteiger charge is -2.35. The molecule has 0 aromatic rings. The highest BCUT2D eigenvalue weighted by Gasteiger charge is 2.36. The van der Waals surface area contributed by atoms with Crippen molar-refractivity contribution in [3.8, 4) is 0 Å². The monoisotopic (exact) mass is 202 g/mol. The van der Waals surface area contributed by atoms with Crippen LogP contribution in [-0.4, -0.2) is 23.0 Å². The van der Waals surface area contributed by atoms with Crippen LogP contribution < -0.4 is 5.32 Å². The molecule has 2 aliphatic rings. The van der Waals surface area contributed by atoms with Gasteiger partial charge < -0.3 is 5.32 Å². The van der Waals surface area contributed by atoms with Gasteiger partial charge >= 0.3 is 0 Å². The van der Waals surface area contributed by atoms with Crippen LogP contribution in [0.25, 0.3) is 0 Å². The van der Waals surface area contributed by atoms with Crippen LogP contribution in [0.5, 0.6) is 0 Å². The van der Waals surface area contributed by atoms with Gasteiger partial charge in [-0.15, -0.1) is 0 Å². The molecule has 2 unspecified atom stereocenters. The molecule has 2 aliphatic heterocycles. The largest absolute Gasteiger partial charge is 0.358 e. The fraction of sp³-hybridized carbons (Fsp3) is 0.750. The first kappa shape index (κ1) is 8.86. The Bertz CT molecular complexity index is 213. The Morgan fingerprint density at radius 2 is 2.25 bits per heavy atom. The van der Waals surface area contributed by atoms with Gasteiger partial charge in [0.15, 0.2) is 0 Å². The van der Waals surface area contributed by atoms with E-state index in [1.54, 1.807) is 0 Å². The van der Waals surface area contributed by atoms with Crippen LogP contribution in [0.3, 0.4) is 0 Å². The van der Waals surface area contributed by atoms with Crippen LogP contribution in [0.1, 0.15) is 19.8 Å². The number of hydrogen-bond acceptors (Lipinski definition) is 3. The number of nitrogens with one attached hydrogen (secondary N) is 1. The fourth-order valence-corrected chi connectivity index (χ4v) is 3.32. The summed E-state index contributed by atoms with van der Waals surface area (Å²) in [6.07, 6.45) is 2.70. The van der Waals surface area contributed by atoms with Gasteiger partial charge in [-0.3, -0.25) is 4.90 Å². The minimum Gasteiger partial charge on any atom is -0.358 e. The van der Waals surface area contributed by atoms with Gasteiger partial charge in [0.2, 0.25) is 0 Å². The molecule has 4 heteroatoms. The molecule has 0 spiro atoms. The Kier molecular flexibility index (Phi) is 2.37. The molecule has 0 radical (unpaired) electrons. The van der Waals surface area contributed by atoms with Crippen molar-refractivity contribution >= 4 is 21.0 Å². The Hall–Kier alpha value is 0.280. The molecular weight excluding hydrogens is 187 g/mol. The third-order valence-electron chi connectivity index (χ3n) is 2.50. The van der Waals surface area contributed by atoms with E-state index in [2.05, 4.69) is 31.8 Å². The van der Waals surface area contributed by atoms with Crippen LogP contribution in [0.2, 0.25) is 0 Å². The molecule has 1 fully saturated rings. The molecule has 1 saturated heterocycles. The van der Waals surface area contributed by atoms with E-state index in [9.17, 15) is 0 Å². The molecular formula is C8H15N2PS. The van der Waals surface area contributed by atoms with Gasteiger partial charge in [-0.2, -0.15) is 0 Å². The fourth-order valence-electron chi connectivity index (χ4n) is 1.80. The van der Waals surface area contributed by atoms with Gasteiger partial charge in [-0.1, -0.05) is 21.0 Å². The SMILES string of the molecule is CC1(N2CCCC2)NC(P)=CS1. The summed E-state index contributed by atoms with van der Waals surface area (Å²) >= 11 is 1.88. The lowest BCUT2D eigenvalue weighted by atomic mass is 10.4. The summed E-state index contributed by atoms with van der Waals surface area (Å²) in [5, 5.41) is 5.67. The summed E-state index contributed by atoms with van der Waals surface area (Å²) in [5.74, 6) is 0. The third kappa shape index (κ3) is 1.50. The Morgan fingerprint density at radius 1 is 1.58 bits per heavy atom. The normalized spacial score (nSPS) is 36.7. The molecule has 0 aromatic carbocycles. The second-order valence-electron chi connectivity index (χ2n) is 3.49. The van der Waals surface area contributed by atoms with E-state index in [-0.39, 0.29) is 4.99 Å². The van der Waals surface area contributed by atoms with E-state index >= 15 is 0 Å². The average Bonchev–Trinajstić information content (AvgIpc) is 2.59. The molecule has 2 heterocycles. The van der Waals surface area contributed by atoms with Crippen molar-refractivity contribution in [2.24, 2.45) is 0 Å². The van der Waals surface area contributed by atoms with E-state index in [0.29, 0.717) is 0 Å². The summed E-state index contributed by atoms with van der Waals surface area (Å²) in [5.41, 5.74) is 1.22. The van der Waals surface area contributed by atoms with Crippen molar-refractivity contribution in [2.45, 2.75) is 24.8 Å². The Labute approximate surface area is 80.4 Å². The van der Waals surface area contributed by atoms with Gasteiger partial charge in [-0.05, 0) is 25.2 Å². The second-order valence-corrected chi connectivity index (χ2v) is 5.38. The Morgan fingerprint density at radius 3 is 2.75 bits per heavy atom. The molecule has 2 nitrogen and oxygen atoms in total. The van der Waals surface area contributed by atoms with E-state index in [0.717, 1.165) is 0 Å². The predicted octanol–water partition coefficient (Wildman–Crippen LogP) is 1.77. The smallest absolute Gasteiger partial charge is 0.140 e. The van der Waals surface area contributed by atoms with Crippen molar-refractivity contribution < 1.29 is 0 Å². The zero-order valence-electron chi connectivity index (χ0n) is 7.34. The van der Waals surface area contributed by atoms with Crippen LogP contribution in [-0.2, 0) is 0 Å². The lowest BCUT2D eigenvalue weighted by molar-refractivity contribution is 0.207. The number of thioether (sulfide) groups is 1. The summed E-state index contributed by atoms with van der Waals surface area (Å²) in [7, 11) is 2.72. The van der Waals surface area contributed by atoms with Crippen molar-refractivity contribution in [1.82, 2.24) is 10.2 Å². The highest BCUT2D eigenvalue weighted by atomic mass is 32.2. The molecule has 0 bridgehead atoms. The van der Waals surface area contributed by atoms with Gasteiger partial charge in [-0.25, -0.2) is 0 Å². The molecule has 0 aliphatic carbocycles. The highest BCUT2D eigenvalue weighted by molar-refractivity contribution is 8.03. The first-order valence-electron chi connectivity index (χ1n) is 4.37. The molecule has 2 rings (SSSR count). The first-order valence-corrected chi connectivity index (χ1v) is 5.83. The molecule has 2 atom stereocenters. The maximum Gasteiger partial charge on any atom is 0.140 e. The summed E-state index contributed by atoms with van der Waals surface area (Å²) in [4.78, 5) is 2.65. The standard InChI is InChI=1S/C8H15N2PS/c1-8(9-7(11)6-12-8)10-4-2-3-5-10/h6,9H,2-5,11H2,1H3. The predicted molar refractivity (Wildman–Crippen MR) is 57.7 cm³/mol. The van der Waals surface area contributed by atoms with Crippen molar-refractivity contribution in [3.05, 3.63) is 10.8 Å². The minimum absolute atomic E-state index is 0.133. The Balaban J connectivity index is 2.03. The first-order chi connectivity index (χ1) is 5.71. The van der Waals surface area contributed by atoms with Crippen LogP contribution in [0.15, 0.2) is 10.8 Å². The minimum atomic E-state index is 0.133. The average molecular weight is 202 g/mol. The molecule has 12 heavy (non-hydrogen) atoms. The van der Waals surface area contributed by atoms with Gasteiger partial charge in [0, 0.05) is 18.5 Å². The topological polar surface area (TPSA) is 15.3 Å². The van der Waals surface area contributed by atoms with Gasteiger partial charge in [0.05, 0.1) is 0 Å². The number of nitrogens with zero attached hydrogens (tertiary/aromatic N) is 1. The molecule has 0 saturated carbocycles. The van der Waals surface area contributed by atoms with E-state index in [4.69, 9.17) is 0 Å². The zero-order valence-corrected chi connectivity index (χ0v) is 9.31. The molecule has 1 N–H and O–H groups in total. The van der Waals surface area contributed by atoms with E-state index in [1.165, 1.54) is 31.4 Å². The summed E-state index contributed by atoms with van der Waals surface area (Å²) in [6.45, 7) is 4.74. The van der Waals surface area contributed by atoms with Crippen molar-refractivity contribution in [1.29, 1.82) is 0 Å². The molecule has 68 valence electrons.